The molecule has 1 amide bonds. The molecule has 0 fully saturated rings. The lowest BCUT2D eigenvalue weighted by atomic mass is 10.4. The number of nitrogens with one attached hydrogen (secondary N) is 1. The predicted molar refractivity (Wildman–Crippen MR) is 66.7 cm³/mol. The lowest BCUT2D eigenvalue weighted by Gasteiger charge is -2.02. The quantitative estimate of drug-likeness (QED) is 0.416. The zero-order valence-electron chi connectivity index (χ0n) is 9.63. The fourth-order valence-corrected chi connectivity index (χ4v) is 1.92. The normalized spacial score (nSPS) is 10.3. The maximum Gasteiger partial charge on any atom is 0.433 e. The topological polar surface area (TPSA) is 106 Å². The van der Waals surface area contributed by atoms with Crippen LogP contribution in [0.2, 0.25) is 0 Å². The minimum Gasteiger partial charge on any atom is -0.396 e. The summed E-state index contributed by atoms with van der Waals surface area (Å²) < 4.78 is 4.75. The second kappa shape index (κ2) is 7.72. The number of rotatable bonds is 8. The van der Waals surface area contributed by atoms with Crippen LogP contribution >= 0.6 is 11.8 Å². The number of nitrogens with zero attached hydrogens (tertiary/aromatic N) is 1. The first-order chi connectivity index (χ1) is 8.65. The molecule has 0 aromatic carbocycles. The molecule has 0 aliphatic heterocycles. The molecule has 1 aromatic rings. The van der Waals surface area contributed by atoms with Crippen molar-refractivity contribution in [3.8, 4) is 0 Å². The van der Waals surface area contributed by atoms with E-state index in [0.717, 1.165) is 18.2 Å². The summed E-state index contributed by atoms with van der Waals surface area (Å²) in [7, 11) is 0. The molecule has 1 rings (SSSR count). The minimum absolute atomic E-state index is 0.0675. The van der Waals surface area contributed by atoms with Crippen molar-refractivity contribution in [3.05, 3.63) is 28.0 Å². The maximum absolute atomic E-state index is 11.5. The lowest BCUT2D eigenvalue weighted by Crippen LogP contribution is -2.25. The van der Waals surface area contributed by atoms with Crippen molar-refractivity contribution >= 4 is 23.6 Å². The molecular weight excluding hydrogens is 260 g/mol. The van der Waals surface area contributed by atoms with Crippen LogP contribution in [0.3, 0.4) is 0 Å². The number of carbonyl (C=O) groups is 1. The number of furan rings is 1. The van der Waals surface area contributed by atoms with Gasteiger partial charge in [0.15, 0.2) is 5.76 Å². The molecular formula is C10H14N2O5S. The maximum atomic E-state index is 11.5. The predicted octanol–water partition coefficient (Wildman–Crippen LogP) is 1.03. The van der Waals surface area contributed by atoms with Crippen molar-refractivity contribution in [3.63, 3.8) is 0 Å². The average Bonchev–Trinajstić information content (AvgIpc) is 2.83. The Morgan fingerprint density at radius 2 is 2.28 bits per heavy atom. The van der Waals surface area contributed by atoms with Crippen LogP contribution in [-0.4, -0.2) is 40.6 Å². The van der Waals surface area contributed by atoms with Crippen molar-refractivity contribution in [1.29, 1.82) is 0 Å². The molecule has 2 N–H and O–H groups in total. The Morgan fingerprint density at radius 1 is 1.50 bits per heavy atom. The van der Waals surface area contributed by atoms with E-state index in [4.69, 9.17) is 9.52 Å². The van der Waals surface area contributed by atoms with Gasteiger partial charge in [-0.3, -0.25) is 14.9 Å². The number of amides is 1. The van der Waals surface area contributed by atoms with E-state index in [0.29, 0.717) is 12.3 Å². The smallest absolute Gasteiger partial charge is 0.396 e. The molecule has 0 saturated carbocycles. The zero-order chi connectivity index (χ0) is 13.4. The Bertz CT molecular complexity index is 407. The minimum atomic E-state index is -0.693. The van der Waals surface area contributed by atoms with Gasteiger partial charge in [-0.2, -0.15) is 11.8 Å². The molecule has 18 heavy (non-hydrogen) atoms. The van der Waals surface area contributed by atoms with Gasteiger partial charge < -0.3 is 14.8 Å². The van der Waals surface area contributed by atoms with Gasteiger partial charge in [0.1, 0.15) is 4.92 Å². The fourth-order valence-electron chi connectivity index (χ4n) is 1.14. The van der Waals surface area contributed by atoms with E-state index in [1.807, 2.05) is 0 Å². The van der Waals surface area contributed by atoms with E-state index in [2.05, 4.69) is 5.32 Å². The van der Waals surface area contributed by atoms with Crippen LogP contribution in [0.15, 0.2) is 16.5 Å². The van der Waals surface area contributed by atoms with Crippen molar-refractivity contribution < 1.29 is 19.2 Å². The molecule has 0 radical (unpaired) electrons. The van der Waals surface area contributed by atoms with Crippen LogP contribution in [0, 0.1) is 10.1 Å². The molecule has 8 heteroatoms. The van der Waals surface area contributed by atoms with Gasteiger partial charge >= 0.3 is 5.88 Å². The Hall–Kier alpha value is -1.54. The van der Waals surface area contributed by atoms with Crippen LogP contribution in [0.5, 0.6) is 0 Å². The molecule has 0 saturated heterocycles. The number of hydrogen-bond donors (Lipinski definition) is 2. The van der Waals surface area contributed by atoms with Crippen molar-refractivity contribution in [2.24, 2.45) is 0 Å². The molecule has 1 heterocycles. The van der Waals surface area contributed by atoms with E-state index >= 15 is 0 Å². The Balaban J connectivity index is 2.25. The largest absolute Gasteiger partial charge is 0.433 e. The highest BCUT2D eigenvalue weighted by molar-refractivity contribution is 7.99. The van der Waals surface area contributed by atoms with Crippen LogP contribution < -0.4 is 5.32 Å². The van der Waals surface area contributed by atoms with Gasteiger partial charge in [0.2, 0.25) is 0 Å². The van der Waals surface area contributed by atoms with Crippen LogP contribution in [0.4, 0.5) is 5.88 Å². The summed E-state index contributed by atoms with van der Waals surface area (Å²) in [6.07, 6.45) is 0.725. The number of nitro groups is 1. The summed E-state index contributed by atoms with van der Waals surface area (Å²) in [5.74, 6) is 0.568. The highest BCUT2D eigenvalue weighted by Gasteiger charge is 2.16. The first kappa shape index (κ1) is 14.5. The van der Waals surface area contributed by atoms with Crippen LogP contribution in [0.25, 0.3) is 0 Å². The second-order valence-corrected chi connectivity index (χ2v) is 4.57. The van der Waals surface area contributed by atoms with Crippen molar-refractivity contribution in [2.45, 2.75) is 6.42 Å². The van der Waals surface area contributed by atoms with Crippen molar-refractivity contribution in [1.82, 2.24) is 5.32 Å². The summed E-state index contributed by atoms with van der Waals surface area (Å²) in [6.45, 7) is 0.610. The number of aliphatic hydroxyl groups is 1. The standard InChI is InChI=1S/C10H14N2O5S/c13-5-1-6-18-7-4-11-10(14)8-2-3-9(17-8)12(15)16/h2-3,13H,1,4-7H2,(H,11,14). The molecule has 0 spiro atoms. The van der Waals surface area contributed by atoms with E-state index in [1.54, 1.807) is 11.8 Å². The second-order valence-electron chi connectivity index (χ2n) is 3.34. The first-order valence-electron chi connectivity index (χ1n) is 5.36. The SMILES string of the molecule is O=C(NCCSCCCO)c1ccc([N+](=O)[O-])o1. The molecule has 0 aliphatic rings. The third-order valence-electron chi connectivity index (χ3n) is 1.97. The van der Waals surface area contributed by atoms with Gasteiger partial charge in [0.05, 0.1) is 6.07 Å². The zero-order valence-corrected chi connectivity index (χ0v) is 10.4. The Morgan fingerprint density at radius 3 is 2.89 bits per heavy atom. The third-order valence-corrected chi connectivity index (χ3v) is 3.04. The lowest BCUT2D eigenvalue weighted by molar-refractivity contribution is -0.402. The van der Waals surface area contributed by atoms with Crippen LogP contribution in [0.1, 0.15) is 17.0 Å². The first-order valence-corrected chi connectivity index (χ1v) is 6.51. The van der Waals surface area contributed by atoms with Gasteiger partial charge in [-0.1, -0.05) is 0 Å². The Kier molecular flexibility index (Phi) is 6.23. The van der Waals surface area contributed by atoms with Gasteiger partial charge in [0.25, 0.3) is 5.91 Å². The number of aliphatic hydroxyl groups excluding tert-OH is 1. The van der Waals surface area contributed by atoms with E-state index in [1.165, 1.54) is 6.07 Å². The fraction of sp³-hybridized carbons (Fsp3) is 0.500. The number of carbonyl (C=O) groups excluding carboxylic acids is 1. The Labute approximate surface area is 108 Å². The van der Waals surface area contributed by atoms with E-state index in [-0.39, 0.29) is 12.4 Å². The highest BCUT2D eigenvalue weighted by atomic mass is 32.2. The molecule has 100 valence electrons. The van der Waals surface area contributed by atoms with E-state index in [9.17, 15) is 14.9 Å². The van der Waals surface area contributed by atoms with E-state index < -0.39 is 16.7 Å². The molecule has 0 aliphatic carbocycles. The number of thioether (sulfide) groups is 1. The summed E-state index contributed by atoms with van der Waals surface area (Å²) in [5.41, 5.74) is 0. The summed E-state index contributed by atoms with van der Waals surface area (Å²) in [4.78, 5) is 21.2. The van der Waals surface area contributed by atoms with Crippen LogP contribution in [-0.2, 0) is 0 Å². The molecule has 7 nitrogen and oxygen atoms in total. The third kappa shape index (κ3) is 4.76. The summed E-state index contributed by atoms with van der Waals surface area (Å²) in [6, 6.07) is 2.41. The van der Waals surface area contributed by atoms with Crippen molar-refractivity contribution in [2.75, 3.05) is 24.7 Å². The molecule has 0 bridgehead atoms. The molecule has 1 aromatic heterocycles. The number of hydrogen-bond acceptors (Lipinski definition) is 6. The van der Waals surface area contributed by atoms with Gasteiger partial charge in [-0.15, -0.1) is 0 Å². The van der Waals surface area contributed by atoms with Gasteiger partial charge in [0, 0.05) is 18.9 Å². The summed E-state index contributed by atoms with van der Waals surface area (Å²) in [5, 5.41) is 21.5. The highest BCUT2D eigenvalue weighted by Crippen LogP contribution is 2.15. The monoisotopic (exact) mass is 274 g/mol. The molecule has 0 unspecified atom stereocenters. The summed E-state index contributed by atoms with van der Waals surface area (Å²) >= 11 is 1.61. The van der Waals surface area contributed by atoms with Gasteiger partial charge in [-0.25, -0.2) is 0 Å². The molecule has 0 atom stereocenters. The van der Waals surface area contributed by atoms with Gasteiger partial charge in [-0.05, 0) is 18.2 Å². The average molecular weight is 274 g/mol.